The van der Waals surface area contributed by atoms with Crippen LogP contribution in [-0.4, -0.2) is 24.0 Å². The maximum absolute atomic E-state index is 10.5. The van der Waals surface area contributed by atoms with Gasteiger partial charge in [-0.1, -0.05) is 9.24 Å². The lowest BCUT2D eigenvalue weighted by atomic mass is 10.4. The third-order valence-corrected chi connectivity index (χ3v) is 1.49. The molecule has 0 spiro atoms. The Morgan fingerprint density at radius 2 is 2.20 bits per heavy atom. The van der Waals surface area contributed by atoms with Crippen LogP contribution in [0.5, 0.6) is 0 Å². The van der Waals surface area contributed by atoms with Gasteiger partial charge in [-0.25, -0.2) is 0 Å². The van der Waals surface area contributed by atoms with Crippen molar-refractivity contribution in [1.82, 2.24) is 5.32 Å². The molecule has 2 unspecified atom stereocenters. The Morgan fingerprint density at radius 3 is 2.50 bits per heavy atom. The Balaban J connectivity index is 3.68. The molecule has 2 atom stereocenters. The van der Waals surface area contributed by atoms with Gasteiger partial charge in [-0.05, 0) is 6.92 Å². The summed E-state index contributed by atoms with van der Waals surface area (Å²) >= 11 is 0. The monoisotopic (exact) mass is 162 g/mol. The number of carbonyl (C=O) groups is 2. The summed E-state index contributed by atoms with van der Waals surface area (Å²) in [5, 5.41) is 2.39. The maximum atomic E-state index is 10.5. The van der Waals surface area contributed by atoms with E-state index in [9.17, 15) is 9.59 Å². The van der Waals surface area contributed by atoms with Crippen LogP contribution in [0.1, 0.15) is 6.92 Å². The summed E-state index contributed by atoms with van der Waals surface area (Å²) in [6.45, 7) is 1.52. The topological polar surface area (TPSA) is 72.2 Å². The van der Waals surface area contributed by atoms with Crippen LogP contribution in [0.4, 0.5) is 0 Å². The molecule has 0 aliphatic heterocycles. The van der Waals surface area contributed by atoms with E-state index in [1.165, 1.54) is 0 Å². The largest absolute Gasteiger partial charge is 0.345 e. The first kappa shape index (κ1) is 9.53. The molecule has 0 rings (SSSR count). The van der Waals surface area contributed by atoms with Crippen LogP contribution < -0.4 is 11.1 Å². The number of amides is 1. The molecule has 1 amide bonds. The summed E-state index contributed by atoms with van der Waals surface area (Å²) in [7, 11) is 1.99. The molecular formula is C5H11N2O2P. The van der Waals surface area contributed by atoms with Crippen molar-refractivity contribution in [3.63, 3.8) is 0 Å². The molecule has 4 nitrogen and oxygen atoms in total. The van der Waals surface area contributed by atoms with Gasteiger partial charge in [0.05, 0.1) is 12.6 Å². The van der Waals surface area contributed by atoms with Crippen molar-refractivity contribution >= 4 is 20.7 Å². The average Bonchev–Trinajstić information content (AvgIpc) is 1.87. The zero-order chi connectivity index (χ0) is 8.15. The minimum atomic E-state index is -0.457. The number of nitrogens with two attached hydrogens (primary N) is 1. The SMILES string of the molecule is CC(NC(=O)CN)C(=O)P. The highest BCUT2D eigenvalue weighted by molar-refractivity contribution is 7.40. The van der Waals surface area contributed by atoms with Crippen LogP contribution in [0, 0.1) is 0 Å². The summed E-state index contributed by atoms with van der Waals surface area (Å²) in [4.78, 5) is 21.0. The van der Waals surface area contributed by atoms with Crippen LogP contribution in [0.2, 0.25) is 0 Å². The van der Waals surface area contributed by atoms with Crippen LogP contribution in [-0.2, 0) is 9.59 Å². The first-order valence-electron chi connectivity index (χ1n) is 2.86. The van der Waals surface area contributed by atoms with E-state index in [1.807, 2.05) is 9.24 Å². The van der Waals surface area contributed by atoms with Gasteiger partial charge in [0.15, 0.2) is 5.52 Å². The molecule has 0 aromatic heterocycles. The summed E-state index contributed by atoms with van der Waals surface area (Å²) < 4.78 is 0. The van der Waals surface area contributed by atoms with E-state index in [4.69, 9.17) is 5.73 Å². The van der Waals surface area contributed by atoms with Crippen molar-refractivity contribution in [2.45, 2.75) is 13.0 Å². The summed E-state index contributed by atoms with van der Waals surface area (Å²) in [5.41, 5.74) is 4.84. The van der Waals surface area contributed by atoms with E-state index in [-0.39, 0.29) is 18.0 Å². The van der Waals surface area contributed by atoms with E-state index in [1.54, 1.807) is 6.92 Å². The van der Waals surface area contributed by atoms with Crippen molar-refractivity contribution in [2.24, 2.45) is 5.73 Å². The van der Waals surface area contributed by atoms with Crippen LogP contribution in [0.15, 0.2) is 0 Å². The quantitative estimate of drug-likeness (QED) is 0.515. The van der Waals surface area contributed by atoms with Crippen molar-refractivity contribution in [1.29, 1.82) is 0 Å². The zero-order valence-electron chi connectivity index (χ0n) is 5.76. The van der Waals surface area contributed by atoms with Crippen LogP contribution >= 0.6 is 9.24 Å². The molecule has 10 heavy (non-hydrogen) atoms. The van der Waals surface area contributed by atoms with Gasteiger partial charge in [0.1, 0.15) is 0 Å². The standard InChI is InChI=1S/C5H11N2O2P/c1-3(5(9)10)7-4(8)2-6/h3H,2,6,10H2,1H3,(H,7,8). The summed E-state index contributed by atoms with van der Waals surface area (Å²) in [6.07, 6.45) is 0. The minimum Gasteiger partial charge on any atom is -0.345 e. The van der Waals surface area contributed by atoms with E-state index in [0.29, 0.717) is 0 Å². The smallest absolute Gasteiger partial charge is 0.234 e. The predicted molar refractivity (Wildman–Crippen MR) is 41.4 cm³/mol. The number of carbonyl (C=O) groups excluding carboxylic acids is 2. The van der Waals surface area contributed by atoms with Crippen LogP contribution in [0.3, 0.4) is 0 Å². The summed E-state index contributed by atoms with van der Waals surface area (Å²) in [5.74, 6) is -0.316. The third kappa shape index (κ3) is 3.54. The van der Waals surface area contributed by atoms with Crippen LogP contribution in [0.25, 0.3) is 0 Å². The van der Waals surface area contributed by atoms with Crippen molar-refractivity contribution in [3.05, 3.63) is 0 Å². The molecule has 0 aromatic rings. The summed E-state index contributed by atoms with van der Waals surface area (Å²) in [6, 6.07) is -0.457. The molecule has 0 saturated carbocycles. The highest BCUT2D eigenvalue weighted by Crippen LogP contribution is 1.91. The second-order valence-electron chi connectivity index (χ2n) is 1.90. The zero-order valence-corrected chi connectivity index (χ0v) is 6.91. The second kappa shape index (κ2) is 4.36. The molecule has 58 valence electrons. The third-order valence-electron chi connectivity index (χ3n) is 0.990. The fraction of sp³-hybridized carbons (Fsp3) is 0.600. The molecule has 0 heterocycles. The fourth-order valence-corrected chi connectivity index (χ4v) is 0.455. The molecule has 0 aliphatic carbocycles. The molecule has 3 N–H and O–H groups in total. The van der Waals surface area contributed by atoms with Crippen molar-refractivity contribution in [3.8, 4) is 0 Å². The molecule has 0 aromatic carbocycles. The molecule has 0 fully saturated rings. The Hall–Kier alpha value is -0.470. The van der Waals surface area contributed by atoms with E-state index in [0.717, 1.165) is 0 Å². The number of hydrogen-bond donors (Lipinski definition) is 2. The highest BCUT2D eigenvalue weighted by Gasteiger charge is 2.08. The van der Waals surface area contributed by atoms with Gasteiger partial charge in [-0.15, -0.1) is 0 Å². The van der Waals surface area contributed by atoms with Crippen molar-refractivity contribution < 1.29 is 9.59 Å². The molecule has 0 aliphatic rings. The van der Waals surface area contributed by atoms with Gasteiger partial charge in [0.2, 0.25) is 5.91 Å². The highest BCUT2D eigenvalue weighted by atomic mass is 31.0. The Bertz CT molecular complexity index is 149. The Labute approximate surface area is 61.7 Å². The second-order valence-corrected chi connectivity index (χ2v) is 2.46. The molecular weight excluding hydrogens is 151 g/mol. The number of nitrogens with one attached hydrogen (secondary N) is 1. The lowest BCUT2D eigenvalue weighted by molar-refractivity contribution is -0.123. The average molecular weight is 162 g/mol. The van der Waals surface area contributed by atoms with E-state index < -0.39 is 6.04 Å². The lowest BCUT2D eigenvalue weighted by Gasteiger charge is -2.07. The van der Waals surface area contributed by atoms with Crippen molar-refractivity contribution in [2.75, 3.05) is 6.54 Å². The van der Waals surface area contributed by atoms with Gasteiger partial charge in [0.25, 0.3) is 0 Å². The van der Waals surface area contributed by atoms with Gasteiger partial charge >= 0.3 is 0 Å². The minimum absolute atomic E-state index is 0.0811. The maximum Gasteiger partial charge on any atom is 0.234 e. The van der Waals surface area contributed by atoms with E-state index >= 15 is 0 Å². The first-order valence-corrected chi connectivity index (χ1v) is 3.44. The molecule has 0 radical (unpaired) electrons. The molecule has 5 heteroatoms. The molecule has 0 bridgehead atoms. The van der Waals surface area contributed by atoms with Gasteiger partial charge in [-0.2, -0.15) is 0 Å². The predicted octanol–water partition coefficient (Wildman–Crippen LogP) is -1.15. The van der Waals surface area contributed by atoms with E-state index in [2.05, 4.69) is 5.32 Å². The normalized spacial score (nSPS) is 12.3. The Morgan fingerprint density at radius 1 is 1.70 bits per heavy atom. The first-order chi connectivity index (χ1) is 4.57. The van der Waals surface area contributed by atoms with Gasteiger partial charge < -0.3 is 11.1 Å². The lowest BCUT2D eigenvalue weighted by Crippen LogP contribution is -2.39. The number of rotatable bonds is 3. The van der Waals surface area contributed by atoms with Gasteiger partial charge in [-0.3, -0.25) is 9.59 Å². The fourth-order valence-electron chi connectivity index (χ4n) is 0.372. The Kier molecular flexibility index (Phi) is 4.16. The number of hydrogen-bond acceptors (Lipinski definition) is 3. The van der Waals surface area contributed by atoms with Gasteiger partial charge in [0, 0.05) is 0 Å². The molecule has 0 saturated heterocycles.